The van der Waals surface area contributed by atoms with Crippen LogP contribution in [0.4, 0.5) is 5.69 Å². The number of amides is 1. The Hall–Kier alpha value is -3.33. The van der Waals surface area contributed by atoms with E-state index in [0.717, 1.165) is 25.1 Å². The lowest BCUT2D eigenvalue weighted by Crippen LogP contribution is -2.35. The summed E-state index contributed by atoms with van der Waals surface area (Å²) in [7, 11) is 0. The largest absolute Gasteiger partial charge is 0.378 e. The van der Waals surface area contributed by atoms with Gasteiger partial charge in [-0.1, -0.05) is 66.7 Å². The number of benzene rings is 4. The molecular formula is C27H24N2O. The van der Waals surface area contributed by atoms with Gasteiger partial charge < -0.3 is 10.2 Å². The minimum atomic E-state index is 0.132. The van der Waals surface area contributed by atoms with Crippen molar-refractivity contribution in [3.63, 3.8) is 0 Å². The second-order valence-electron chi connectivity index (χ2n) is 8.46. The molecule has 0 radical (unpaired) electrons. The Morgan fingerprint density at radius 1 is 0.800 bits per heavy atom. The molecule has 0 bridgehead atoms. The highest BCUT2D eigenvalue weighted by Crippen LogP contribution is 2.45. The lowest BCUT2D eigenvalue weighted by atomic mass is 9.85. The number of nitrogens with one attached hydrogen (secondary N) is 1. The van der Waals surface area contributed by atoms with Crippen molar-refractivity contribution in [1.29, 1.82) is 0 Å². The molecule has 6 rings (SSSR count). The number of fused-ring (bicyclic) bond motifs is 4. The number of carbonyl (C=O) groups is 1. The Morgan fingerprint density at radius 3 is 2.37 bits per heavy atom. The van der Waals surface area contributed by atoms with Gasteiger partial charge >= 0.3 is 0 Å². The Morgan fingerprint density at radius 2 is 1.53 bits per heavy atom. The molecule has 2 heterocycles. The van der Waals surface area contributed by atoms with E-state index in [1.807, 2.05) is 0 Å². The molecule has 30 heavy (non-hydrogen) atoms. The average molecular weight is 393 g/mol. The Balaban J connectivity index is 1.52. The minimum Gasteiger partial charge on any atom is -0.378 e. The maximum absolute atomic E-state index is 12.6. The van der Waals surface area contributed by atoms with Crippen molar-refractivity contribution in [2.24, 2.45) is 0 Å². The first-order valence-electron chi connectivity index (χ1n) is 10.8. The quantitative estimate of drug-likeness (QED) is 0.411. The highest BCUT2D eigenvalue weighted by Gasteiger charge is 2.36. The van der Waals surface area contributed by atoms with Crippen molar-refractivity contribution in [1.82, 2.24) is 4.90 Å². The average Bonchev–Trinajstić information content (AvgIpc) is 3.23. The summed E-state index contributed by atoms with van der Waals surface area (Å²) in [6, 6.07) is 28.4. The summed E-state index contributed by atoms with van der Waals surface area (Å²) in [5.41, 5.74) is 3.71. The normalized spacial score (nSPS) is 21.1. The maximum Gasteiger partial charge on any atom is 0.223 e. The van der Waals surface area contributed by atoms with E-state index in [-0.39, 0.29) is 12.1 Å². The van der Waals surface area contributed by atoms with E-state index in [2.05, 4.69) is 89.1 Å². The van der Waals surface area contributed by atoms with Crippen LogP contribution in [0.5, 0.6) is 0 Å². The lowest BCUT2D eigenvalue weighted by Gasteiger charge is -2.38. The molecule has 0 aliphatic carbocycles. The topological polar surface area (TPSA) is 32.3 Å². The van der Waals surface area contributed by atoms with Crippen LogP contribution in [0.3, 0.4) is 0 Å². The molecule has 2 aliphatic heterocycles. The molecule has 148 valence electrons. The zero-order valence-corrected chi connectivity index (χ0v) is 16.8. The highest BCUT2D eigenvalue weighted by molar-refractivity contribution is 6.09. The fourth-order valence-electron chi connectivity index (χ4n) is 5.39. The number of nitrogens with zero attached hydrogens (tertiary/aromatic N) is 1. The summed E-state index contributed by atoms with van der Waals surface area (Å²) in [6.07, 6.45) is 2.54. The maximum atomic E-state index is 12.6. The summed E-state index contributed by atoms with van der Waals surface area (Å²) in [5, 5.41) is 8.94. The molecule has 1 saturated heterocycles. The Bertz CT molecular complexity index is 1280. The molecule has 1 N–H and O–H groups in total. The Kier molecular flexibility index (Phi) is 4.02. The molecule has 1 amide bonds. The first kappa shape index (κ1) is 17.5. The van der Waals surface area contributed by atoms with Gasteiger partial charge in [-0.3, -0.25) is 4.79 Å². The van der Waals surface area contributed by atoms with Crippen molar-refractivity contribution >= 4 is 33.1 Å². The van der Waals surface area contributed by atoms with Crippen LogP contribution in [0.2, 0.25) is 0 Å². The van der Waals surface area contributed by atoms with E-state index in [0.29, 0.717) is 12.3 Å². The molecule has 2 atom stereocenters. The van der Waals surface area contributed by atoms with Crippen LogP contribution in [0.15, 0.2) is 78.9 Å². The molecular weight excluding hydrogens is 368 g/mol. The van der Waals surface area contributed by atoms with Crippen LogP contribution in [0.25, 0.3) is 21.5 Å². The van der Waals surface area contributed by atoms with Crippen LogP contribution < -0.4 is 5.32 Å². The van der Waals surface area contributed by atoms with Crippen LogP contribution in [-0.2, 0) is 4.79 Å². The molecule has 4 aromatic rings. The monoisotopic (exact) mass is 392 g/mol. The zero-order valence-electron chi connectivity index (χ0n) is 16.8. The van der Waals surface area contributed by atoms with E-state index in [1.54, 1.807) is 0 Å². The van der Waals surface area contributed by atoms with Crippen molar-refractivity contribution in [3.8, 4) is 0 Å². The standard InChI is InChI=1S/C27H24N2O/c30-27-14-7-15-29(27)26-17-25(28-24-13-6-5-12-22(24)26)23-16-18-8-1-2-9-19(18)20-10-3-4-11-21(20)23/h1-6,8-13,16,25-26,28H,7,14-15,17H2/t25-,26-/m0/s1. The molecule has 2 aliphatic rings. The van der Waals surface area contributed by atoms with Gasteiger partial charge in [-0.25, -0.2) is 0 Å². The number of anilines is 1. The molecule has 0 unspecified atom stereocenters. The van der Waals surface area contributed by atoms with Crippen LogP contribution >= 0.6 is 0 Å². The van der Waals surface area contributed by atoms with Gasteiger partial charge in [0.05, 0.1) is 12.1 Å². The van der Waals surface area contributed by atoms with E-state index >= 15 is 0 Å². The van der Waals surface area contributed by atoms with Gasteiger partial charge in [0, 0.05) is 18.7 Å². The second-order valence-corrected chi connectivity index (χ2v) is 8.46. The first-order valence-corrected chi connectivity index (χ1v) is 10.8. The van der Waals surface area contributed by atoms with Gasteiger partial charge in [-0.15, -0.1) is 0 Å². The van der Waals surface area contributed by atoms with Gasteiger partial charge in [0.2, 0.25) is 5.91 Å². The van der Waals surface area contributed by atoms with Crippen LogP contribution in [-0.4, -0.2) is 17.4 Å². The van der Waals surface area contributed by atoms with Gasteiger partial charge in [0.25, 0.3) is 0 Å². The smallest absolute Gasteiger partial charge is 0.223 e. The molecule has 0 aromatic heterocycles. The zero-order chi connectivity index (χ0) is 20.1. The summed E-state index contributed by atoms with van der Waals surface area (Å²) in [4.78, 5) is 14.7. The number of carbonyl (C=O) groups excluding carboxylic acids is 1. The third kappa shape index (κ3) is 2.69. The number of rotatable bonds is 2. The fourth-order valence-corrected chi connectivity index (χ4v) is 5.39. The predicted octanol–water partition coefficient (Wildman–Crippen LogP) is 6.21. The number of hydrogen-bond acceptors (Lipinski definition) is 2. The van der Waals surface area contributed by atoms with Crippen molar-refractivity contribution in [2.45, 2.75) is 31.3 Å². The summed E-state index contributed by atoms with van der Waals surface area (Å²) >= 11 is 0. The lowest BCUT2D eigenvalue weighted by molar-refractivity contribution is -0.130. The van der Waals surface area contributed by atoms with E-state index < -0.39 is 0 Å². The number of likely N-dealkylation sites (tertiary alicyclic amines) is 1. The highest BCUT2D eigenvalue weighted by atomic mass is 16.2. The van der Waals surface area contributed by atoms with Crippen molar-refractivity contribution < 1.29 is 4.79 Å². The molecule has 4 aromatic carbocycles. The Labute approximate surface area is 176 Å². The fraction of sp³-hybridized carbons (Fsp3) is 0.222. The van der Waals surface area contributed by atoms with Gasteiger partial charge in [-0.2, -0.15) is 0 Å². The third-order valence-corrected chi connectivity index (χ3v) is 6.77. The first-order chi connectivity index (χ1) is 14.8. The number of hydrogen-bond donors (Lipinski definition) is 1. The second kappa shape index (κ2) is 6.88. The molecule has 0 spiro atoms. The summed E-state index contributed by atoms with van der Waals surface area (Å²) in [5.74, 6) is 0.291. The summed E-state index contributed by atoms with van der Waals surface area (Å²) < 4.78 is 0. The number of para-hydroxylation sites is 1. The van der Waals surface area contributed by atoms with Crippen molar-refractivity contribution in [3.05, 3.63) is 90.0 Å². The van der Waals surface area contributed by atoms with Crippen molar-refractivity contribution in [2.75, 3.05) is 11.9 Å². The van der Waals surface area contributed by atoms with E-state index in [9.17, 15) is 4.79 Å². The van der Waals surface area contributed by atoms with Gasteiger partial charge in [-0.05, 0) is 57.6 Å². The SMILES string of the molecule is O=C1CCCN1[C@H]1C[C@@H](c2cc3ccccc3c3ccccc23)Nc2ccccc21. The molecule has 3 nitrogen and oxygen atoms in total. The van der Waals surface area contributed by atoms with Gasteiger partial charge in [0.15, 0.2) is 0 Å². The molecule has 3 heteroatoms. The van der Waals surface area contributed by atoms with Crippen LogP contribution in [0.1, 0.15) is 42.5 Å². The van der Waals surface area contributed by atoms with Gasteiger partial charge in [0.1, 0.15) is 0 Å². The van der Waals surface area contributed by atoms with E-state index in [4.69, 9.17) is 0 Å². The minimum absolute atomic E-state index is 0.132. The van der Waals surface area contributed by atoms with E-state index in [1.165, 1.54) is 32.7 Å². The summed E-state index contributed by atoms with van der Waals surface area (Å²) in [6.45, 7) is 0.864. The van der Waals surface area contributed by atoms with Crippen LogP contribution in [0, 0.1) is 0 Å². The molecule has 1 fully saturated rings. The predicted molar refractivity (Wildman–Crippen MR) is 123 cm³/mol. The third-order valence-electron chi connectivity index (χ3n) is 6.77. The molecule has 0 saturated carbocycles.